The lowest BCUT2D eigenvalue weighted by molar-refractivity contribution is 0.686. The number of nitrogens with one attached hydrogen (secondary N) is 1. The number of rotatable bonds is 4. The normalized spacial score (nSPS) is 12.0. The minimum absolute atomic E-state index is 0.482. The van der Waals surface area contributed by atoms with Crippen LogP contribution in [0.2, 0.25) is 0 Å². The molecular formula is C13H14N2OS. The summed E-state index contributed by atoms with van der Waals surface area (Å²) in [4.78, 5) is 0. The molecule has 0 amide bonds. The second-order valence-corrected chi connectivity index (χ2v) is 4.89. The maximum atomic E-state index is 11.9. The molecule has 88 valence electrons. The predicted octanol–water partition coefficient (Wildman–Crippen LogP) is 2.54. The van der Waals surface area contributed by atoms with E-state index in [-0.39, 0.29) is 0 Å². The molecule has 0 bridgehead atoms. The van der Waals surface area contributed by atoms with Crippen LogP contribution in [0.1, 0.15) is 5.56 Å². The first-order valence-corrected chi connectivity index (χ1v) is 6.60. The molecule has 0 aliphatic rings. The van der Waals surface area contributed by atoms with Crippen LogP contribution in [-0.4, -0.2) is 4.21 Å². The number of nitrogen functional groups attached to an aromatic ring is 1. The Morgan fingerprint density at radius 2 is 1.82 bits per heavy atom. The molecule has 1 unspecified atom stereocenters. The summed E-state index contributed by atoms with van der Waals surface area (Å²) in [7, 11) is -1.14. The van der Waals surface area contributed by atoms with E-state index >= 15 is 0 Å². The van der Waals surface area contributed by atoms with Crippen LogP contribution in [0.3, 0.4) is 0 Å². The van der Waals surface area contributed by atoms with Gasteiger partial charge in [0.25, 0.3) is 0 Å². The van der Waals surface area contributed by atoms with Crippen molar-refractivity contribution in [2.45, 2.75) is 5.75 Å². The van der Waals surface area contributed by atoms with E-state index in [1.165, 1.54) is 0 Å². The Hall–Kier alpha value is -1.81. The van der Waals surface area contributed by atoms with Crippen molar-refractivity contribution in [2.75, 3.05) is 10.5 Å². The van der Waals surface area contributed by atoms with Crippen LogP contribution in [0.5, 0.6) is 0 Å². The average molecular weight is 246 g/mol. The largest absolute Gasteiger partial charge is 0.399 e. The summed E-state index contributed by atoms with van der Waals surface area (Å²) >= 11 is 0. The molecule has 0 heterocycles. The van der Waals surface area contributed by atoms with Gasteiger partial charge in [-0.3, -0.25) is 0 Å². The number of benzene rings is 2. The topological polar surface area (TPSA) is 55.1 Å². The fourth-order valence-electron chi connectivity index (χ4n) is 1.50. The average Bonchev–Trinajstić information content (AvgIpc) is 2.30. The van der Waals surface area contributed by atoms with Gasteiger partial charge in [0.05, 0.1) is 5.75 Å². The van der Waals surface area contributed by atoms with Crippen molar-refractivity contribution in [3.63, 3.8) is 0 Å². The summed E-state index contributed by atoms with van der Waals surface area (Å²) in [6, 6.07) is 17.0. The molecule has 0 aliphatic carbocycles. The highest BCUT2D eigenvalue weighted by atomic mass is 32.2. The van der Waals surface area contributed by atoms with Crippen molar-refractivity contribution in [1.82, 2.24) is 0 Å². The third-order valence-electron chi connectivity index (χ3n) is 2.26. The molecule has 0 fully saturated rings. The number of hydrogen-bond acceptors (Lipinski definition) is 2. The standard InChI is InChI=1S/C13H14N2OS/c14-12-7-4-8-13(9-12)15-17(16)10-11-5-2-1-3-6-11/h1-9,15H,10,14H2. The van der Waals surface area contributed by atoms with E-state index in [4.69, 9.17) is 5.73 Å². The molecule has 0 radical (unpaired) electrons. The van der Waals surface area contributed by atoms with Gasteiger partial charge in [-0.15, -0.1) is 0 Å². The highest BCUT2D eigenvalue weighted by Crippen LogP contribution is 2.13. The van der Waals surface area contributed by atoms with Gasteiger partial charge >= 0.3 is 0 Å². The molecule has 0 saturated heterocycles. The van der Waals surface area contributed by atoms with E-state index in [0.29, 0.717) is 11.4 Å². The van der Waals surface area contributed by atoms with Crippen LogP contribution in [0, 0.1) is 0 Å². The molecule has 4 heteroatoms. The van der Waals surface area contributed by atoms with Gasteiger partial charge in [-0.2, -0.15) is 0 Å². The summed E-state index contributed by atoms with van der Waals surface area (Å²) in [6.45, 7) is 0. The maximum absolute atomic E-state index is 11.9. The van der Waals surface area contributed by atoms with Gasteiger partial charge in [0.15, 0.2) is 0 Å². The third-order valence-corrected chi connectivity index (χ3v) is 3.32. The van der Waals surface area contributed by atoms with Crippen molar-refractivity contribution in [3.8, 4) is 0 Å². The minimum Gasteiger partial charge on any atom is -0.399 e. The Labute approximate surface area is 103 Å². The number of anilines is 2. The van der Waals surface area contributed by atoms with Crippen LogP contribution in [0.15, 0.2) is 54.6 Å². The monoisotopic (exact) mass is 246 g/mol. The quantitative estimate of drug-likeness (QED) is 0.814. The summed E-state index contributed by atoms with van der Waals surface area (Å²) in [5.74, 6) is 0.482. The zero-order valence-electron chi connectivity index (χ0n) is 9.30. The Bertz CT molecular complexity index is 514. The molecule has 0 aromatic heterocycles. The van der Waals surface area contributed by atoms with E-state index in [1.54, 1.807) is 12.1 Å². The van der Waals surface area contributed by atoms with Crippen LogP contribution < -0.4 is 10.5 Å². The van der Waals surface area contributed by atoms with Gasteiger partial charge in [0, 0.05) is 11.4 Å². The maximum Gasteiger partial charge on any atom is 0.121 e. The number of nitrogens with two attached hydrogens (primary N) is 1. The van der Waals surface area contributed by atoms with Gasteiger partial charge in [0.2, 0.25) is 0 Å². The second-order valence-electron chi connectivity index (χ2n) is 3.70. The molecule has 3 N–H and O–H groups in total. The van der Waals surface area contributed by atoms with Crippen LogP contribution in [0.4, 0.5) is 11.4 Å². The van der Waals surface area contributed by atoms with Crippen molar-refractivity contribution in [3.05, 3.63) is 60.2 Å². The Morgan fingerprint density at radius 3 is 2.53 bits per heavy atom. The lowest BCUT2D eigenvalue weighted by Gasteiger charge is -2.06. The molecule has 0 aliphatic heterocycles. The second kappa shape index (κ2) is 5.50. The lowest BCUT2D eigenvalue weighted by atomic mass is 10.2. The molecule has 1 atom stereocenters. The minimum atomic E-state index is -1.14. The summed E-state index contributed by atoms with van der Waals surface area (Å²) in [6.07, 6.45) is 0. The van der Waals surface area contributed by atoms with Gasteiger partial charge in [-0.1, -0.05) is 36.4 Å². The van der Waals surface area contributed by atoms with Crippen molar-refractivity contribution in [2.24, 2.45) is 0 Å². The first-order chi connectivity index (χ1) is 8.24. The van der Waals surface area contributed by atoms with Gasteiger partial charge in [0.1, 0.15) is 11.0 Å². The number of hydrogen-bond donors (Lipinski definition) is 2. The van der Waals surface area contributed by atoms with E-state index < -0.39 is 11.0 Å². The first kappa shape index (κ1) is 11.7. The summed E-state index contributed by atoms with van der Waals surface area (Å²) < 4.78 is 14.8. The Kier molecular flexibility index (Phi) is 3.77. The van der Waals surface area contributed by atoms with Crippen LogP contribution in [-0.2, 0) is 16.7 Å². The van der Waals surface area contributed by atoms with Crippen molar-refractivity contribution >= 4 is 22.4 Å². The molecule has 2 aromatic rings. The summed E-state index contributed by atoms with van der Waals surface area (Å²) in [5, 5.41) is 0. The van der Waals surface area contributed by atoms with Crippen molar-refractivity contribution < 1.29 is 4.21 Å². The van der Waals surface area contributed by atoms with Crippen molar-refractivity contribution in [1.29, 1.82) is 0 Å². The van der Waals surface area contributed by atoms with Gasteiger partial charge < -0.3 is 10.5 Å². The summed E-state index contributed by atoms with van der Waals surface area (Å²) in [5.41, 5.74) is 8.13. The fraction of sp³-hybridized carbons (Fsp3) is 0.0769. The van der Waals surface area contributed by atoms with E-state index in [1.807, 2.05) is 42.5 Å². The molecule has 2 aromatic carbocycles. The molecular weight excluding hydrogens is 232 g/mol. The molecule has 0 spiro atoms. The smallest absolute Gasteiger partial charge is 0.121 e. The molecule has 0 saturated carbocycles. The van der Waals surface area contributed by atoms with Gasteiger partial charge in [-0.05, 0) is 23.8 Å². The van der Waals surface area contributed by atoms with Gasteiger partial charge in [-0.25, -0.2) is 4.21 Å². The van der Waals surface area contributed by atoms with E-state index in [9.17, 15) is 4.21 Å². The predicted molar refractivity (Wildman–Crippen MR) is 72.8 cm³/mol. The molecule has 3 nitrogen and oxygen atoms in total. The molecule has 17 heavy (non-hydrogen) atoms. The zero-order chi connectivity index (χ0) is 12.1. The highest BCUT2D eigenvalue weighted by Gasteiger charge is 2.01. The highest BCUT2D eigenvalue weighted by molar-refractivity contribution is 7.85. The van der Waals surface area contributed by atoms with E-state index in [0.717, 1.165) is 11.3 Å². The molecule has 2 rings (SSSR count). The zero-order valence-corrected chi connectivity index (χ0v) is 10.1. The Morgan fingerprint density at radius 1 is 1.06 bits per heavy atom. The van der Waals surface area contributed by atoms with E-state index in [2.05, 4.69) is 4.72 Å². The van der Waals surface area contributed by atoms with Crippen LogP contribution >= 0.6 is 0 Å². The Balaban J connectivity index is 1.98. The first-order valence-electron chi connectivity index (χ1n) is 5.28. The lowest BCUT2D eigenvalue weighted by Crippen LogP contribution is -2.07. The third kappa shape index (κ3) is 3.60. The van der Waals surface area contributed by atoms with Crippen LogP contribution in [0.25, 0.3) is 0 Å². The SMILES string of the molecule is Nc1cccc(NS(=O)Cc2ccccc2)c1. The fourth-order valence-corrected chi connectivity index (χ4v) is 2.45.